The van der Waals surface area contributed by atoms with Crippen LogP contribution < -0.4 is 34.4 Å². The summed E-state index contributed by atoms with van der Waals surface area (Å²) in [5.74, 6) is 2.15. The first kappa shape index (κ1) is 35.5. The third-order valence-electron chi connectivity index (χ3n) is 8.96. The zero-order valence-corrected chi connectivity index (χ0v) is 30.9. The van der Waals surface area contributed by atoms with Crippen LogP contribution >= 0.6 is 15.9 Å². The molecule has 6 aromatic rings. The van der Waals surface area contributed by atoms with Crippen molar-refractivity contribution in [1.29, 1.82) is 0 Å². The number of tetrazole rings is 1. The van der Waals surface area contributed by atoms with Crippen LogP contribution in [0.4, 0.5) is 10.5 Å². The van der Waals surface area contributed by atoms with Crippen LogP contribution in [0.2, 0.25) is 0 Å². The molecule has 0 spiro atoms. The molecule has 0 aliphatic carbocycles. The fraction of sp³-hybridized carbons (Fsp3) is 0.237. The van der Waals surface area contributed by atoms with Gasteiger partial charge in [0.25, 0.3) is 5.95 Å². The third-order valence-corrected chi connectivity index (χ3v) is 9.45. The van der Waals surface area contributed by atoms with Gasteiger partial charge in [-0.1, -0.05) is 28.1 Å². The van der Waals surface area contributed by atoms with E-state index in [9.17, 15) is 9.59 Å². The molecule has 3 heterocycles. The summed E-state index contributed by atoms with van der Waals surface area (Å²) >= 11 is 3.34. The van der Waals surface area contributed by atoms with Gasteiger partial charge in [0.1, 0.15) is 5.58 Å². The molecule has 14 nitrogen and oxygen atoms in total. The lowest BCUT2D eigenvalue weighted by Crippen LogP contribution is -2.32. The highest BCUT2D eigenvalue weighted by atomic mass is 79.9. The molecule has 0 unspecified atom stereocenters. The van der Waals surface area contributed by atoms with Crippen LogP contribution in [0.1, 0.15) is 16.7 Å². The Kier molecular flexibility index (Phi) is 10.3. The van der Waals surface area contributed by atoms with E-state index in [1.807, 2.05) is 24.3 Å². The van der Waals surface area contributed by atoms with E-state index in [2.05, 4.69) is 53.7 Å². The number of carbonyl (C=O) groups excluding carboxylic acids is 1. The molecule has 4 aromatic carbocycles. The number of ether oxygens (including phenoxy) is 5. The minimum Gasteiger partial charge on any atom is -0.493 e. The van der Waals surface area contributed by atoms with Gasteiger partial charge in [0, 0.05) is 30.2 Å². The standard InChI is InChI=1S/C38H35BrN6O8/c1-48-32-15-23-12-14-44(21-24(23)16-33(32)49-2)13-11-22-5-8-26(9-6-22)45-42-37(41-43-45)27-18-34(50-3)35(51-4)19-29(27)40-38(47)53-36-20-30(46)28-17-25(39)7-10-31(28)52-36/h5-10,15-20H,11-14,21H2,1-4H3,(H,40,47). The summed E-state index contributed by atoms with van der Waals surface area (Å²) in [7, 11) is 6.28. The first-order chi connectivity index (χ1) is 25.7. The molecule has 1 N–H and O–H groups in total. The zero-order chi connectivity index (χ0) is 37.1. The van der Waals surface area contributed by atoms with E-state index in [0.717, 1.165) is 50.0 Å². The Bertz CT molecular complexity index is 2360. The minimum absolute atomic E-state index is 0.202. The molecular formula is C38H35BrN6O8. The second kappa shape index (κ2) is 15.4. The van der Waals surface area contributed by atoms with Gasteiger partial charge in [0.2, 0.25) is 5.82 Å². The first-order valence-electron chi connectivity index (χ1n) is 16.6. The fourth-order valence-electron chi connectivity index (χ4n) is 6.20. The van der Waals surface area contributed by atoms with E-state index in [1.54, 1.807) is 44.6 Å². The number of halogens is 1. The van der Waals surface area contributed by atoms with Crippen LogP contribution in [-0.2, 0) is 19.4 Å². The monoisotopic (exact) mass is 782 g/mol. The summed E-state index contributed by atoms with van der Waals surface area (Å²) in [5.41, 5.74) is 4.95. The summed E-state index contributed by atoms with van der Waals surface area (Å²) in [6, 6.07) is 21.3. The molecule has 272 valence electrons. The summed E-state index contributed by atoms with van der Waals surface area (Å²) in [5, 5.41) is 16.1. The van der Waals surface area contributed by atoms with Crippen LogP contribution in [0.15, 0.2) is 86.5 Å². The van der Waals surface area contributed by atoms with Crippen LogP contribution in [0.3, 0.4) is 0 Å². The van der Waals surface area contributed by atoms with E-state index in [1.165, 1.54) is 35.7 Å². The Morgan fingerprint density at radius 2 is 1.57 bits per heavy atom. The number of hydrogen-bond donors (Lipinski definition) is 1. The number of nitrogens with zero attached hydrogens (tertiary/aromatic N) is 5. The molecule has 0 radical (unpaired) electrons. The maximum absolute atomic E-state index is 13.1. The van der Waals surface area contributed by atoms with Gasteiger partial charge in [-0.25, -0.2) is 4.79 Å². The molecule has 1 amide bonds. The topological polar surface area (TPSA) is 152 Å². The number of rotatable bonds is 11. The number of benzene rings is 4. The average Bonchev–Trinajstić information content (AvgIpc) is 3.67. The third kappa shape index (κ3) is 7.66. The van der Waals surface area contributed by atoms with Crippen molar-refractivity contribution in [3.05, 3.63) is 104 Å². The highest BCUT2D eigenvalue weighted by Crippen LogP contribution is 2.38. The number of hydrogen-bond acceptors (Lipinski definition) is 12. The van der Waals surface area contributed by atoms with Gasteiger partial charge in [-0.3, -0.25) is 15.0 Å². The Morgan fingerprint density at radius 1 is 0.868 bits per heavy atom. The van der Waals surface area contributed by atoms with Gasteiger partial charge in [0.05, 0.1) is 56.8 Å². The number of carbonyl (C=O) groups is 1. The second-order valence-electron chi connectivity index (χ2n) is 12.2. The van der Waals surface area contributed by atoms with Gasteiger partial charge >= 0.3 is 6.09 Å². The van der Waals surface area contributed by atoms with Crippen molar-refractivity contribution in [2.45, 2.75) is 19.4 Å². The number of methoxy groups -OCH3 is 4. The summed E-state index contributed by atoms with van der Waals surface area (Å²) in [6.07, 6.45) is 0.902. The minimum atomic E-state index is -0.921. The molecule has 1 aliphatic rings. The molecule has 0 saturated heterocycles. The van der Waals surface area contributed by atoms with E-state index in [-0.39, 0.29) is 28.5 Å². The van der Waals surface area contributed by atoms with Crippen molar-refractivity contribution in [2.24, 2.45) is 0 Å². The van der Waals surface area contributed by atoms with Crippen LogP contribution in [0.5, 0.6) is 28.9 Å². The fourth-order valence-corrected chi connectivity index (χ4v) is 6.56. The molecule has 0 fully saturated rings. The largest absolute Gasteiger partial charge is 0.493 e. The summed E-state index contributed by atoms with van der Waals surface area (Å²) in [4.78, 5) is 29.6. The lowest BCUT2D eigenvalue weighted by Gasteiger charge is -2.29. The predicted octanol–water partition coefficient (Wildman–Crippen LogP) is 6.44. The van der Waals surface area contributed by atoms with E-state index in [0.29, 0.717) is 32.6 Å². The summed E-state index contributed by atoms with van der Waals surface area (Å²) < 4.78 is 33.7. The van der Waals surface area contributed by atoms with Gasteiger partial charge in [-0.2, -0.15) is 0 Å². The van der Waals surface area contributed by atoms with Crippen molar-refractivity contribution in [2.75, 3.05) is 46.8 Å². The number of aromatic nitrogens is 4. The number of nitrogens with one attached hydrogen (secondary N) is 1. The first-order valence-corrected chi connectivity index (χ1v) is 17.4. The normalized spacial score (nSPS) is 12.6. The van der Waals surface area contributed by atoms with Gasteiger partial charge in [-0.15, -0.1) is 15.0 Å². The van der Waals surface area contributed by atoms with E-state index in [4.69, 9.17) is 28.1 Å². The van der Waals surface area contributed by atoms with E-state index >= 15 is 0 Å². The lowest BCUT2D eigenvalue weighted by atomic mass is 9.98. The van der Waals surface area contributed by atoms with Gasteiger partial charge < -0.3 is 28.1 Å². The molecule has 53 heavy (non-hydrogen) atoms. The molecule has 15 heteroatoms. The average molecular weight is 784 g/mol. The number of fused-ring (bicyclic) bond motifs is 2. The van der Waals surface area contributed by atoms with Crippen molar-refractivity contribution < 1.29 is 32.9 Å². The highest BCUT2D eigenvalue weighted by Gasteiger charge is 2.22. The lowest BCUT2D eigenvalue weighted by molar-refractivity contribution is 0.202. The van der Waals surface area contributed by atoms with Crippen LogP contribution in [0, 0.1) is 0 Å². The van der Waals surface area contributed by atoms with Gasteiger partial charge in [-0.05, 0) is 83.3 Å². The Morgan fingerprint density at radius 3 is 2.30 bits per heavy atom. The van der Waals surface area contributed by atoms with Crippen molar-refractivity contribution >= 4 is 38.7 Å². The van der Waals surface area contributed by atoms with Gasteiger partial charge in [0.15, 0.2) is 28.4 Å². The van der Waals surface area contributed by atoms with Crippen LogP contribution in [-0.4, -0.2) is 72.7 Å². The zero-order valence-electron chi connectivity index (χ0n) is 29.3. The maximum Gasteiger partial charge on any atom is 0.419 e. The summed E-state index contributed by atoms with van der Waals surface area (Å²) in [6.45, 7) is 2.72. The molecule has 0 saturated carbocycles. The number of amides is 1. The maximum atomic E-state index is 13.1. The van der Waals surface area contributed by atoms with E-state index < -0.39 is 6.09 Å². The molecule has 0 bridgehead atoms. The highest BCUT2D eigenvalue weighted by molar-refractivity contribution is 9.10. The molecule has 7 rings (SSSR count). The quantitative estimate of drug-likeness (QED) is 0.154. The molecule has 0 atom stereocenters. The SMILES string of the molecule is COc1cc2c(cc1OC)CN(CCc1ccc(-n3nnc(-c4cc(OC)c(OC)cc4NC(=O)Oc4cc(=O)c5cc(Br)ccc5o4)n3)cc1)CC2. The van der Waals surface area contributed by atoms with Crippen molar-refractivity contribution in [1.82, 2.24) is 25.1 Å². The molecule has 1 aliphatic heterocycles. The Balaban J connectivity index is 1.05. The number of anilines is 1. The smallest absolute Gasteiger partial charge is 0.419 e. The van der Waals surface area contributed by atoms with Crippen molar-refractivity contribution in [3.8, 4) is 46.0 Å². The molecular weight excluding hydrogens is 748 g/mol. The second-order valence-corrected chi connectivity index (χ2v) is 13.1. The van der Waals surface area contributed by atoms with Crippen molar-refractivity contribution in [3.63, 3.8) is 0 Å². The van der Waals surface area contributed by atoms with Crippen LogP contribution in [0.25, 0.3) is 28.0 Å². The predicted molar refractivity (Wildman–Crippen MR) is 200 cm³/mol. The Hall–Kier alpha value is -5.93. The molecule has 2 aromatic heterocycles. The Labute approximate surface area is 312 Å².